The quantitative estimate of drug-likeness (QED) is 0.752. The van der Waals surface area contributed by atoms with Crippen LogP contribution in [-0.4, -0.2) is 33.3 Å². The van der Waals surface area contributed by atoms with Gasteiger partial charge in [0.05, 0.1) is 6.04 Å². The zero-order valence-corrected chi connectivity index (χ0v) is 18.1. The molecule has 4 atom stereocenters. The van der Waals surface area contributed by atoms with E-state index in [1.165, 1.54) is 4.90 Å². The summed E-state index contributed by atoms with van der Waals surface area (Å²) in [5, 5.41) is 13.2. The molecule has 0 radical (unpaired) electrons. The second kappa shape index (κ2) is 7.84. The zero-order valence-electron chi connectivity index (χ0n) is 18.1. The first-order valence-electron chi connectivity index (χ1n) is 10.7. The van der Waals surface area contributed by atoms with Crippen molar-refractivity contribution in [3.63, 3.8) is 0 Å². The van der Waals surface area contributed by atoms with Gasteiger partial charge in [0, 0.05) is 23.9 Å². The molecule has 0 bridgehead atoms. The lowest BCUT2D eigenvalue weighted by Crippen LogP contribution is -2.56. The lowest BCUT2D eigenvalue weighted by molar-refractivity contribution is -0.150. The number of anilines is 1. The van der Waals surface area contributed by atoms with Crippen LogP contribution in [0.2, 0.25) is 0 Å². The van der Waals surface area contributed by atoms with Gasteiger partial charge < -0.3 is 15.3 Å². The second-order valence-corrected chi connectivity index (χ2v) is 8.97. The van der Waals surface area contributed by atoms with E-state index in [-0.39, 0.29) is 5.78 Å². The number of hydrogen-bond acceptors (Lipinski definition) is 3. The Balaban J connectivity index is 1.84. The number of carboxylic acids is 1. The Morgan fingerprint density at radius 3 is 2.42 bits per heavy atom. The molecule has 2 fully saturated rings. The molecule has 2 aromatic carbocycles. The van der Waals surface area contributed by atoms with Gasteiger partial charge in [0.2, 0.25) is 0 Å². The number of amides is 2. The van der Waals surface area contributed by atoms with E-state index in [0.29, 0.717) is 24.9 Å². The van der Waals surface area contributed by atoms with Crippen molar-refractivity contribution in [1.82, 2.24) is 4.90 Å². The second-order valence-electron chi connectivity index (χ2n) is 8.97. The van der Waals surface area contributed by atoms with Crippen molar-refractivity contribution in [3.8, 4) is 0 Å². The number of ketones is 1. The summed E-state index contributed by atoms with van der Waals surface area (Å²) in [5.74, 6) is -1.99. The summed E-state index contributed by atoms with van der Waals surface area (Å²) >= 11 is 0. The molecule has 4 rings (SSSR count). The maximum atomic E-state index is 13.6. The number of rotatable bonds is 3. The molecule has 6 heteroatoms. The summed E-state index contributed by atoms with van der Waals surface area (Å²) in [6, 6.07) is 13.9. The predicted octanol–water partition coefficient (Wildman–Crippen LogP) is 4.72. The van der Waals surface area contributed by atoms with Gasteiger partial charge in [0.15, 0.2) is 0 Å². The van der Waals surface area contributed by atoms with Crippen molar-refractivity contribution >= 4 is 23.5 Å². The van der Waals surface area contributed by atoms with Crippen LogP contribution in [0, 0.1) is 25.7 Å². The topological polar surface area (TPSA) is 86.7 Å². The molecule has 0 spiro atoms. The number of nitrogens with one attached hydrogen (secondary N) is 1. The molecule has 1 aliphatic heterocycles. The number of nitrogens with zero attached hydrogens (tertiary/aromatic N) is 1. The molecule has 162 valence electrons. The zero-order chi connectivity index (χ0) is 22.3. The van der Waals surface area contributed by atoms with Crippen LogP contribution in [0.4, 0.5) is 10.5 Å². The Morgan fingerprint density at radius 2 is 1.77 bits per heavy atom. The van der Waals surface area contributed by atoms with Crippen LogP contribution in [0.15, 0.2) is 48.5 Å². The van der Waals surface area contributed by atoms with Gasteiger partial charge in [-0.05, 0) is 56.9 Å². The molecule has 2 N–H and O–H groups in total. The van der Waals surface area contributed by atoms with E-state index in [9.17, 15) is 19.5 Å². The van der Waals surface area contributed by atoms with Crippen LogP contribution >= 0.6 is 0 Å². The lowest BCUT2D eigenvalue weighted by Gasteiger charge is -2.38. The lowest BCUT2D eigenvalue weighted by atomic mass is 9.70. The fourth-order valence-corrected chi connectivity index (χ4v) is 5.44. The van der Waals surface area contributed by atoms with Crippen LogP contribution in [0.1, 0.15) is 48.9 Å². The Labute approximate surface area is 182 Å². The Hall–Kier alpha value is -3.15. The third-order valence-electron chi connectivity index (χ3n) is 6.89. The van der Waals surface area contributed by atoms with Crippen LogP contribution in [0.3, 0.4) is 0 Å². The summed E-state index contributed by atoms with van der Waals surface area (Å²) in [4.78, 5) is 40.7. The Morgan fingerprint density at radius 1 is 1.10 bits per heavy atom. The third-order valence-corrected chi connectivity index (χ3v) is 6.89. The number of Topliss-reactive ketones (excluding diaryl/α,β-unsaturated/α-hetero) is 1. The van der Waals surface area contributed by atoms with E-state index >= 15 is 0 Å². The first kappa shape index (κ1) is 21.1. The molecule has 0 aromatic heterocycles. The van der Waals surface area contributed by atoms with E-state index in [1.54, 1.807) is 13.0 Å². The number of carbonyl (C=O) groups excluding carboxylic acids is 2. The van der Waals surface area contributed by atoms with E-state index in [1.807, 2.05) is 56.3 Å². The maximum Gasteiger partial charge on any atom is 0.329 e. The minimum absolute atomic E-state index is 0.0427. The number of aliphatic carboxylic acids is 1. The van der Waals surface area contributed by atoms with Crippen molar-refractivity contribution in [1.29, 1.82) is 0 Å². The van der Waals surface area contributed by atoms with Gasteiger partial charge >= 0.3 is 12.0 Å². The highest BCUT2D eigenvalue weighted by molar-refractivity contribution is 5.97. The largest absolute Gasteiger partial charge is 0.479 e. The molecule has 6 nitrogen and oxygen atoms in total. The fraction of sp³-hybridized carbons (Fsp3) is 0.400. The molecule has 31 heavy (non-hydrogen) atoms. The molecule has 2 aliphatic rings. The van der Waals surface area contributed by atoms with Crippen LogP contribution in [-0.2, 0) is 9.59 Å². The summed E-state index contributed by atoms with van der Waals surface area (Å²) in [7, 11) is 0. The van der Waals surface area contributed by atoms with Crippen molar-refractivity contribution in [2.45, 2.75) is 51.6 Å². The van der Waals surface area contributed by atoms with Crippen molar-refractivity contribution < 1.29 is 19.5 Å². The molecule has 4 unspecified atom stereocenters. The number of hydrogen-bond donors (Lipinski definition) is 2. The number of urea groups is 1. The van der Waals surface area contributed by atoms with Gasteiger partial charge in [-0.15, -0.1) is 0 Å². The number of fused-ring (bicyclic) bond motifs is 1. The molecule has 1 saturated heterocycles. The highest BCUT2D eigenvalue weighted by atomic mass is 16.4. The van der Waals surface area contributed by atoms with Gasteiger partial charge in [0.25, 0.3) is 0 Å². The SMILES string of the molecule is Cc1cccc(NC(=O)N2C(c3cccc(C)c3)C3C(=O)CCCC3C2(C)C(=O)O)c1. The third kappa shape index (κ3) is 3.50. The molecule has 1 heterocycles. The smallest absolute Gasteiger partial charge is 0.329 e. The highest BCUT2D eigenvalue weighted by Gasteiger charge is 2.64. The fourth-order valence-electron chi connectivity index (χ4n) is 5.44. The molecule has 1 saturated carbocycles. The van der Waals surface area contributed by atoms with Crippen molar-refractivity contribution in [3.05, 3.63) is 65.2 Å². The molecular weight excluding hydrogens is 392 g/mol. The molecule has 2 aromatic rings. The Bertz CT molecular complexity index is 1050. The summed E-state index contributed by atoms with van der Waals surface area (Å²) in [6.45, 7) is 5.47. The van der Waals surface area contributed by atoms with Gasteiger partial charge in [-0.2, -0.15) is 0 Å². The van der Waals surface area contributed by atoms with E-state index < -0.39 is 35.4 Å². The minimum Gasteiger partial charge on any atom is -0.479 e. The predicted molar refractivity (Wildman–Crippen MR) is 118 cm³/mol. The van der Waals surface area contributed by atoms with E-state index in [4.69, 9.17) is 0 Å². The monoisotopic (exact) mass is 420 g/mol. The maximum absolute atomic E-state index is 13.6. The summed E-state index contributed by atoms with van der Waals surface area (Å²) in [5.41, 5.74) is 1.90. The van der Waals surface area contributed by atoms with Crippen molar-refractivity contribution in [2.24, 2.45) is 11.8 Å². The van der Waals surface area contributed by atoms with E-state index in [2.05, 4.69) is 5.32 Å². The van der Waals surface area contributed by atoms with E-state index in [0.717, 1.165) is 16.7 Å². The van der Waals surface area contributed by atoms with Crippen LogP contribution in [0.25, 0.3) is 0 Å². The number of benzene rings is 2. The number of carbonyl (C=O) groups is 3. The highest BCUT2D eigenvalue weighted by Crippen LogP contribution is 2.55. The van der Waals surface area contributed by atoms with Crippen molar-refractivity contribution in [2.75, 3.05) is 5.32 Å². The normalized spacial score (nSPS) is 27.6. The number of aryl methyl sites for hydroxylation is 2. The summed E-state index contributed by atoms with van der Waals surface area (Å²) < 4.78 is 0. The summed E-state index contributed by atoms with van der Waals surface area (Å²) in [6.07, 6.45) is 1.68. The van der Waals surface area contributed by atoms with Crippen LogP contribution < -0.4 is 5.32 Å². The Kier molecular flexibility index (Phi) is 5.33. The molecule has 2 amide bonds. The minimum atomic E-state index is -1.48. The average Bonchev–Trinajstić information content (AvgIpc) is 3.00. The van der Waals surface area contributed by atoms with Gasteiger partial charge in [0.1, 0.15) is 11.3 Å². The van der Waals surface area contributed by atoms with Crippen LogP contribution in [0.5, 0.6) is 0 Å². The first-order chi connectivity index (χ1) is 14.7. The van der Waals surface area contributed by atoms with Gasteiger partial charge in [-0.25, -0.2) is 9.59 Å². The van der Waals surface area contributed by atoms with Gasteiger partial charge in [-0.1, -0.05) is 42.0 Å². The number of likely N-dealkylation sites (tertiary alicyclic amines) is 1. The first-order valence-corrected chi connectivity index (χ1v) is 10.7. The molecule has 1 aliphatic carbocycles. The number of carboxylic acid groups (broad SMARTS) is 1. The van der Waals surface area contributed by atoms with Gasteiger partial charge in [-0.3, -0.25) is 4.79 Å². The molecular formula is C25H28N2O4. The standard InChI is InChI=1S/C25H28N2O4/c1-15-7-4-9-17(13-15)22-21-19(11-6-12-20(21)28)25(3,23(29)30)27(22)24(31)26-18-10-5-8-16(2)14-18/h4-5,7-10,13-14,19,21-22H,6,11-12H2,1-3H3,(H,26,31)(H,29,30). The average molecular weight is 421 g/mol.